The van der Waals surface area contributed by atoms with Crippen molar-refractivity contribution in [3.05, 3.63) is 12.3 Å². The highest BCUT2D eigenvalue weighted by Crippen LogP contribution is 2.68. The molecule has 1 aromatic heterocycles. The van der Waals surface area contributed by atoms with E-state index in [1.54, 1.807) is 12.3 Å². The van der Waals surface area contributed by atoms with Gasteiger partial charge in [0.1, 0.15) is 0 Å². The number of rotatable bonds is 6. The Morgan fingerprint density at radius 2 is 1.95 bits per heavy atom. The largest absolute Gasteiger partial charge is 0.478 e. The van der Waals surface area contributed by atoms with Crippen molar-refractivity contribution in [2.75, 3.05) is 18.5 Å². The topological polar surface area (TPSA) is 47.0 Å². The molecule has 0 saturated heterocycles. The van der Waals surface area contributed by atoms with Crippen molar-refractivity contribution < 1.29 is 4.74 Å². The monoisotopic (exact) mass is 263 g/mol. The average molecular weight is 263 g/mol. The van der Waals surface area contributed by atoms with Crippen LogP contribution in [0.2, 0.25) is 0 Å². The molecule has 0 spiro atoms. The number of anilines is 1. The normalized spacial score (nSPS) is 20.1. The van der Waals surface area contributed by atoms with Gasteiger partial charge >= 0.3 is 0 Å². The van der Waals surface area contributed by atoms with Crippen molar-refractivity contribution in [3.63, 3.8) is 0 Å². The molecular formula is C15H25N3O. The molecule has 2 rings (SSSR count). The Labute approximate surface area is 116 Å². The predicted molar refractivity (Wildman–Crippen MR) is 77.4 cm³/mol. The molecule has 0 amide bonds. The summed E-state index contributed by atoms with van der Waals surface area (Å²) < 4.78 is 5.51. The Morgan fingerprint density at radius 1 is 1.26 bits per heavy atom. The zero-order valence-corrected chi connectivity index (χ0v) is 12.7. The van der Waals surface area contributed by atoms with E-state index in [9.17, 15) is 0 Å². The lowest BCUT2D eigenvalue weighted by molar-refractivity contribution is 0.305. The highest BCUT2D eigenvalue weighted by molar-refractivity contribution is 5.29. The van der Waals surface area contributed by atoms with Gasteiger partial charge in [0, 0.05) is 18.8 Å². The highest BCUT2D eigenvalue weighted by atomic mass is 16.5. The fourth-order valence-corrected chi connectivity index (χ4v) is 2.75. The molecule has 0 atom stereocenters. The summed E-state index contributed by atoms with van der Waals surface area (Å²) in [5, 5.41) is 3.33. The Hall–Kier alpha value is -1.32. The van der Waals surface area contributed by atoms with E-state index in [0.29, 0.717) is 35.2 Å². The first kappa shape index (κ1) is 14.1. The van der Waals surface area contributed by atoms with Gasteiger partial charge in [-0.25, -0.2) is 4.98 Å². The first-order chi connectivity index (χ1) is 8.89. The van der Waals surface area contributed by atoms with Crippen LogP contribution in [0.4, 0.5) is 5.95 Å². The van der Waals surface area contributed by atoms with E-state index in [2.05, 4.69) is 49.9 Å². The summed E-state index contributed by atoms with van der Waals surface area (Å²) in [7, 11) is 0. The smallest absolute Gasteiger partial charge is 0.225 e. The number of hydrogen-bond acceptors (Lipinski definition) is 4. The van der Waals surface area contributed by atoms with Gasteiger partial charge in [0.2, 0.25) is 11.8 Å². The van der Waals surface area contributed by atoms with Crippen LogP contribution in [0.25, 0.3) is 0 Å². The van der Waals surface area contributed by atoms with Crippen LogP contribution in [0, 0.1) is 16.7 Å². The molecule has 1 fully saturated rings. The molecule has 1 heterocycles. The van der Waals surface area contributed by atoms with Crippen LogP contribution < -0.4 is 10.1 Å². The van der Waals surface area contributed by atoms with Crippen LogP contribution in [0.15, 0.2) is 12.3 Å². The molecule has 0 aliphatic heterocycles. The molecule has 1 saturated carbocycles. The third-order valence-electron chi connectivity index (χ3n) is 4.87. The van der Waals surface area contributed by atoms with Gasteiger partial charge in [0.25, 0.3) is 0 Å². The Balaban J connectivity index is 1.90. The van der Waals surface area contributed by atoms with Crippen molar-refractivity contribution >= 4 is 5.95 Å². The van der Waals surface area contributed by atoms with Gasteiger partial charge in [-0.3, -0.25) is 0 Å². The van der Waals surface area contributed by atoms with Gasteiger partial charge in [-0.1, -0.05) is 34.6 Å². The second-order valence-electron chi connectivity index (χ2n) is 6.44. The van der Waals surface area contributed by atoms with Gasteiger partial charge in [0.05, 0.1) is 6.61 Å². The highest BCUT2D eigenvalue weighted by Gasteiger charge is 2.64. The van der Waals surface area contributed by atoms with Crippen molar-refractivity contribution in [1.82, 2.24) is 9.97 Å². The molecule has 19 heavy (non-hydrogen) atoms. The second-order valence-corrected chi connectivity index (χ2v) is 6.44. The zero-order chi connectivity index (χ0) is 14.1. The number of ether oxygens (including phenoxy) is 1. The third-order valence-corrected chi connectivity index (χ3v) is 4.87. The van der Waals surface area contributed by atoms with Crippen molar-refractivity contribution in [1.29, 1.82) is 0 Å². The van der Waals surface area contributed by atoms with Crippen LogP contribution in [-0.2, 0) is 0 Å². The molecule has 1 aliphatic carbocycles. The first-order valence-electron chi connectivity index (χ1n) is 7.09. The maximum absolute atomic E-state index is 5.51. The van der Waals surface area contributed by atoms with Gasteiger partial charge in [-0.05, 0) is 23.2 Å². The van der Waals surface area contributed by atoms with E-state index >= 15 is 0 Å². The third kappa shape index (κ3) is 2.67. The van der Waals surface area contributed by atoms with Crippen LogP contribution in [-0.4, -0.2) is 23.1 Å². The second kappa shape index (κ2) is 4.99. The summed E-state index contributed by atoms with van der Waals surface area (Å²) in [6, 6.07) is 1.80. The van der Waals surface area contributed by atoms with E-state index in [-0.39, 0.29) is 0 Å². The fourth-order valence-electron chi connectivity index (χ4n) is 2.75. The quantitative estimate of drug-likeness (QED) is 0.855. The van der Waals surface area contributed by atoms with Crippen molar-refractivity contribution in [2.24, 2.45) is 16.7 Å². The number of nitrogens with zero attached hydrogens (tertiary/aromatic N) is 2. The van der Waals surface area contributed by atoms with E-state index in [4.69, 9.17) is 4.74 Å². The Morgan fingerprint density at radius 3 is 2.53 bits per heavy atom. The van der Waals surface area contributed by atoms with E-state index in [1.165, 1.54) is 0 Å². The maximum atomic E-state index is 5.51. The fraction of sp³-hybridized carbons (Fsp3) is 0.733. The number of hydrogen-bond donors (Lipinski definition) is 1. The summed E-state index contributed by atoms with van der Waals surface area (Å²) >= 11 is 0. The molecule has 0 bridgehead atoms. The van der Waals surface area contributed by atoms with Gasteiger partial charge < -0.3 is 10.1 Å². The van der Waals surface area contributed by atoms with Gasteiger partial charge in [-0.2, -0.15) is 4.98 Å². The molecule has 1 N–H and O–H groups in total. The molecule has 0 aromatic carbocycles. The minimum atomic E-state index is 0.385. The molecule has 1 aliphatic rings. The molecular weight excluding hydrogens is 238 g/mol. The molecule has 0 unspecified atom stereocenters. The van der Waals surface area contributed by atoms with Crippen molar-refractivity contribution in [2.45, 2.75) is 41.0 Å². The van der Waals surface area contributed by atoms with Crippen molar-refractivity contribution in [3.8, 4) is 5.88 Å². The maximum Gasteiger partial charge on any atom is 0.225 e. The van der Waals surface area contributed by atoms with E-state index in [0.717, 1.165) is 13.0 Å². The number of aromatic nitrogens is 2. The lowest BCUT2D eigenvalue weighted by Gasteiger charge is -2.08. The standard InChI is InChI=1S/C15H25N3O/c1-6-9-19-12-7-8-16-13(18-12)17-10-11-14(2,3)15(11,4)5/h7-8,11H,6,9-10H2,1-5H3,(H,16,17,18). The molecule has 1 aromatic rings. The van der Waals surface area contributed by atoms with Crippen LogP contribution in [0.3, 0.4) is 0 Å². The summed E-state index contributed by atoms with van der Waals surface area (Å²) in [4.78, 5) is 8.60. The molecule has 0 radical (unpaired) electrons. The minimum Gasteiger partial charge on any atom is -0.478 e. The molecule has 4 nitrogen and oxygen atoms in total. The predicted octanol–water partition coefficient (Wildman–Crippen LogP) is 3.36. The van der Waals surface area contributed by atoms with E-state index in [1.807, 2.05) is 0 Å². The van der Waals surface area contributed by atoms with E-state index < -0.39 is 0 Å². The minimum absolute atomic E-state index is 0.385. The molecule has 106 valence electrons. The Kier molecular flexibility index (Phi) is 3.70. The lowest BCUT2D eigenvalue weighted by Crippen LogP contribution is -2.11. The van der Waals surface area contributed by atoms with Crippen LogP contribution in [0.5, 0.6) is 5.88 Å². The zero-order valence-electron chi connectivity index (χ0n) is 12.7. The summed E-state index contributed by atoms with van der Waals surface area (Å²) in [5.74, 6) is 1.96. The molecule has 4 heteroatoms. The van der Waals surface area contributed by atoms with Gasteiger partial charge in [-0.15, -0.1) is 0 Å². The lowest BCUT2D eigenvalue weighted by atomic mass is 10.0. The van der Waals surface area contributed by atoms with Crippen LogP contribution in [0.1, 0.15) is 41.0 Å². The van der Waals surface area contributed by atoms with Gasteiger partial charge in [0.15, 0.2) is 0 Å². The summed E-state index contributed by atoms with van der Waals surface area (Å²) in [6.45, 7) is 13.0. The Bertz CT molecular complexity index is 429. The SMILES string of the molecule is CCCOc1ccnc(NCC2C(C)(C)C2(C)C)n1. The number of nitrogens with one attached hydrogen (secondary N) is 1. The summed E-state index contributed by atoms with van der Waals surface area (Å²) in [5.41, 5.74) is 0.770. The van der Waals surface area contributed by atoms with Crippen LogP contribution >= 0.6 is 0 Å². The average Bonchev–Trinajstić information content (AvgIpc) is 2.75. The summed E-state index contributed by atoms with van der Waals surface area (Å²) in [6.07, 6.45) is 2.72. The first-order valence-corrected chi connectivity index (χ1v) is 7.09.